The van der Waals surface area contributed by atoms with Crippen LogP contribution in [0.15, 0.2) is 64.9 Å². The molecule has 2 aliphatic heterocycles. The monoisotopic (exact) mass is 680 g/mol. The summed E-state index contributed by atoms with van der Waals surface area (Å²) in [4.78, 5) is 49.4. The minimum Gasteiger partial charge on any atom is -0.481 e. The lowest BCUT2D eigenvalue weighted by Gasteiger charge is -2.39. The zero-order chi connectivity index (χ0) is 35.4. The summed E-state index contributed by atoms with van der Waals surface area (Å²) in [6, 6.07) is 13.5. The Balaban J connectivity index is 1.20. The fourth-order valence-electron chi connectivity index (χ4n) is 7.19. The standard InChI is InChI=1S/C38H48N8O4/c1-5-40-36(39)35-31(22-33(43(35)3)27-17-20-44(21-18-27)38(49)28-9-10-28)26-11-13-29(14-12-26)42-37(48)25(2)32-8-6-7-19-45(32)46(24-47)30-15-16-34(50-4)41-23-30/h11-16,22-24,27-28H,5-10,17-21H2,1-4H3,(H2,39,40)(H,42,48)/b32-25+. The van der Waals surface area contributed by atoms with E-state index >= 15 is 0 Å². The number of aliphatic imine (C=N–C) groups is 1. The van der Waals surface area contributed by atoms with Crippen molar-refractivity contribution in [3.63, 3.8) is 0 Å². The zero-order valence-corrected chi connectivity index (χ0v) is 29.5. The molecule has 0 unspecified atom stereocenters. The third-order valence-electron chi connectivity index (χ3n) is 10.1. The minimum absolute atomic E-state index is 0.230. The van der Waals surface area contributed by atoms with E-state index in [9.17, 15) is 14.4 Å². The molecule has 1 saturated carbocycles. The van der Waals surface area contributed by atoms with E-state index in [0.29, 0.717) is 60.0 Å². The molecule has 0 radical (unpaired) electrons. The molecule has 4 heterocycles. The Kier molecular flexibility index (Phi) is 10.5. The maximum absolute atomic E-state index is 13.6. The Labute approximate surface area is 294 Å². The molecule has 12 nitrogen and oxygen atoms in total. The summed E-state index contributed by atoms with van der Waals surface area (Å²) in [5.74, 6) is 1.59. The van der Waals surface area contributed by atoms with Crippen LogP contribution < -0.4 is 20.8 Å². The summed E-state index contributed by atoms with van der Waals surface area (Å²) in [5, 5.41) is 6.42. The second kappa shape index (κ2) is 15.2. The van der Waals surface area contributed by atoms with Crippen LogP contribution in [0.25, 0.3) is 11.1 Å². The van der Waals surface area contributed by atoms with Gasteiger partial charge in [-0.2, -0.15) is 0 Å². The van der Waals surface area contributed by atoms with Crippen LogP contribution >= 0.6 is 0 Å². The Hall–Kier alpha value is -5.13. The molecular formula is C38H48N8O4. The van der Waals surface area contributed by atoms with Gasteiger partial charge in [-0.05, 0) is 88.6 Å². The average molecular weight is 681 g/mol. The highest BCUT2D eigenvalue weighted by Crippen LogP contribution is 2.38. The number of anilines is 2. The highest BCUT2D eigenvalue weighted by molar-refractivity contribution is 6.05. The van der Waals surface area contributed by atoms with Crippen LogP contribution in [0.3, 0.4) is 0 Å². The number of nitrogens with two attached hydrogens (primary N) is 1. The summed E-state index contributed by atoms with van der Waals surface area (Å²) in [5.41, 5.74) is 13.2. The van der Waals surface area contributed by atoms with E-state index in [4.69, 9.17) is 10.5 Å². The van der Waals surface area contributed by atoms with Gasteiger partial charge in [-0.3, -0.25) is 24.4 Å². The van der Waals surface area contributed by atoms with Crippen LogP contribution in [-0.2, 0) is 21.4 Å². The predicted molar refractivity (Wildman–Crippen MR) is 195 cm³/mol. The van der Waals surface area contributed by atoms with Crippen molar-refractivity contribution in [1.29, 1.82) is 0 Å². The normalized spacial score (nSPS) is 18.1. The average Bonchev–Trinajstić information content (AvgIpc) is 3.94. The number of pyridine rings is 1. The molecule has 3 fully saturated rings. The second-order valence-corrected chi connectivity index (χ2v) is 13.3. The number of methoxy groups -OCH3 is 1. The minimum atomic E-state index is -0.230. The van der Waals surface area contributed by atoms with Gasteiger partial charge in [-0.25, -0.2) is 9.99 Å². The smallest absolute Gasteiger partial charge is 0.253 e. The number of amidine groups is 1. The lowest BCUT2D eigenvalue weighted by atomic mass is 9.92. The maximum Gasteiger partial charge on any atom is 0.253 e. The Morgan fingerprint density at radius 2 is 1.82 bits per heavy atom. The lowest BCUT2D eigenvalue weighted by Crippen LogP contribution is -2.44. The molecule has 0 bridgehead atoms. The van der Waals surface area contributed by atoms with Crippen LogP contribution in [0.5, 0.6) is 5.88 Å². The number of allylic oxidation sites excluding steroid dienone is 1. The molecule has 3 amide bonds. The van der Waals surface area contributed by atoms with Gasteiger partial charge in [-0.15, -0.1) is 0 Å². The number of carbonyl (C=O) groups is 3. The Morgan fingerprint density at radius 3 is 2.44 bits per heavy atom. The number of rotatable bonds is 11. The van der Waals surface area contributed by atoms with Gasteiger partial charge in [-0.1, -0.05) is 12.1 Å². The highest BCUT2D eigenvalue weighted by Gasteiger charge is 2.36. The summed E-state index contributed by atoms with van der Waals surface area (Å²) in [6.07, 6.45) is 8.70. The Bertz CT molecular complexity index is 1770. The van der Waals surface area contributed by atoms with Gasteiger partial charge in [0.25, 0.3) is 5.91 Å². The molecule has 50 heavy (non-hydrogen) atoms. The third-order valence-corrected chi connectivity index (χ3v) is 10.1. The van der Waals surface area contributed by atoms with Gasteiger partial charge in [0.05, 0.1) is 24.7 Å². The number of likely N-dealkylation sites (tertiary alicyclic amines) is 1. The van der Waals surface area contributed by atoms with Crippen LogP contribution in [0.1, 0.15) is 76.1 Å². The summed E-state index contributed by atoms with van der Waals surface area (Å²) in [7, 11) is 3.59. The molecule has 12 heteroatoms. The molecule has 3 aromatic rings. The molecule has 2 aromatic heterocycles. The van der Waals surface area contributed by atoms with Gasteiger partial charge in [0, 0.05) is 79.3 Å². The van der Waals surface area contributed by atoms with E-state index < -0.39 is 0 Å². The fourth-order valence-corrected chi connectivity index (χ4v) is 7.19. The first kappa shape index (κ1) is 34.7. The van der Waals surface area contributed by atoms with E-state index in [1.807, 2.05) is 48.1 Å². The quantitative estimate of drug-likeness (QED) is 0.123. The lowest BCUT2D eigenvalue weighted by molar-refractivity contribution is -0.133. The number of aromatic nitrogens is 2. The van der Waals surface area contributed by atoms with E-state index in [0.717, 1.165) is 80.5 Å². The van der Waals surface area contributed by atoms with Gasteiger partial charge < -0.3 is 25.3 Å². The second-order valence-electron chi connectivity index (χ2n) is 13.3. The van der Waals surface area contributed by atoms with Gasteiger partial charge in [0.2, 0.25) is 18.2 Å². The van der Waals surface area contributed by atoms with Crippen molar-refractivity contribution in [2.75, 3.05) is 43.6 Å². The number of piperidine rings is 2. The topological polar surface area (TPSA) is 138 Å². The molecule has 0 atom stereocenters. The van der Waals surface area contributed by atoms with E-state index in [-0.39, 0.29) is 11.8 Å². The zero-order valence-electron chi connectivity index (χ0n) is 29.5. The number of hydrogen-bond acceptors (Lipinski definition) is 7. The summed E-state index contributed by atoms with van der Waals surface area (Å²) < 4.78 is 7.33. The number of benzene rings is 1. The predicted octanol–water partition coefficient (Wildman–Crippen LogP) is 5.21. The Morgan fingerprint density at radius 1 is 1.08 bits per heavy atom. The first-order chi connectivity index (χ1) is 24.2. The first-order valence-corrected chi connectivity index (χ1v) is 17.7. The van der Waals surface area contributed by atoms with Crippen LogP contribution in [-0.4, -0.2) is 76.8 Å². The molecule has 3 aliphatic rings. The number of hydrazine groups is 1. The van der Waals surface area contributed by atoms with Crippen molar-refractivity contribution >= 4 is 35.4 Å². The van der Waals surface area contributed by atoms with Crippen molar-refractivity contribution in [1.82, 2.24) is 19.5 Å². The van der Waals surface area contributed by atoms with Crippen LogP contribution in [0.4, 0.5) is 11.4 Å². The number of ether oxygens (including phenoxy) is 1. The number of amides is 3. The molecule has 6 rings (SSSR count). The van der Waals surface area contributed by atoms with Crippen molar-refractivity contribution in [3.05, 3.63) is 71.3 Å². The summed E-state index contributed by atoms with van der Waals surface area (Å²) in [6.45, 7) is 6.50. The van der Waals surface area contributed by atoms with Crippen molar-refractivity contribution in [2.24, 2.45) is 23.7 Å². The van der Waals surface area contributed by atoms with Gasteiger partial charge in [0.15, 0.2) is 0 Å². The highest BCUT2D eigenvalue weighted by atomic mass is 16.5. The molecule has 264 valence electrons. The van der Waals surface area contributed by atoms with E-state index in [2.05, 4.69) is 25.9 Å². The van der Waals surface area contributed by atoms with Crippen molar-refractivity contribution < 1.29 is 19.1 Å². The third kappa shape index (κ3) is 7.24. The molecule has 1 aliphatic carbocycles. The van der Waals surface area contributed by atoms with Gasteiger partial charge in [0.1, 0.15) is 5.84 Å². The largest absolute Gasteiger partial charge is 0.481 e. The van der Waals surface area contributed by atoms with Gasteiger partial charge >= 0.3 is 0 Å². The molecule has 2 saturated heterocycles. The van der Waals surface area contributed by atoms with E-state index in [1.165, 1.54) is 10.7 Å². The molecule has 1 aromatic carbocycles. The maximum atomic E-state index is 13.6. The summed E-state index contributed by atoms with van der Waals surface area (Å²) >= 11 is 0. The molecule has 0 spiro atoms. The van der Waals surface area contributed by atoms with Crippen molar-refractivity contribution in [3.8, 4) is 17.0 Å². The molecule has 3 N–H and O–H groups in total. The van der Waals surface area contributed by atoms with Crippen LogP contribution in [0, 0.1) is 5.92 Å². The number of nitrogens with zero attached hydrogens (tertiary/aromatic N) is 6. The fraction of sp³-hybridized carbons (Fsp3) is 0.447. The number of carbonyl (C=O) groups excluding carboxylic acids is 3. The van der Waals surface area contributed by atoms with E-state index in [1.54, 1.807) is 32.4 Å². The first-order valence-electron chi connectivity index (χ1n) is 17.7. The SMILES string of the molecule is CCN=C(N)c1c(-c2ccc(NC(=O)/C(C)=C3\CCCCN3N(C=O)c3ccc(OC)nc3)cc2)cc(C2CCN(C(=O)C3CC3)CC2)n1C. The number of hydrogen-bond donors (Lipinski definition) is 2. The molecular weight excluding hydrogens is 632 g/mol. The van der Waals surface area contributed by atoms with Crippen molar-refractivity contribution in [2.45, 2.75) is 64.7 Å². The number of nitrogens with one attached hydrogen (secondary N) is 1. The van der Waals surface area contributed by atoms with Crippen LogP contribution in [0.2, 0.25) is 0 Å².